The fourth-order valence-corrected chi connectivity index (χ4v) is 3.13. The third-order valence-corrected chi connectivity index (χ3v) is 4.85. The van der Waals surface area contributed by atoms with Gasteiger partial charge in [0, 0.05) is 13.6 Å². The van der Waals surface area contributed by atoms with Gasteiger partial charge in [0.2, 0.25) is 0 Å². The number of amides is 2. The number of para-hydroxylation sites is 3. The Morgan fingerprint density at radius 3 is 2.26 bits per heavy atom. The van der Waals surface area contributed by atoms with E-state index in [-0.39, 0.29) is 18.4 Å². The average molecular weight is 418 g/mol. The number of rotatable bonds is 9. The first-order chi connectivity index (χ1) is 15.1. The third-order valence-electron chi connectivity index (χ3n) is 4.85. The summed E-state index contributed by atoms with van der Waals surface area (Å²) in [7, 11) is 3.17. The Morgan fingerprint density at radius 2 is 1.52 bits per heavy atom. The number of carbonyl (C=O) groups is 2. The highest BCUT2D eigenvalue weighted by Gasteiger charge is 2.19. The molecule has 0 fully saturated rings. The largest absolute Gasteiger partial charge is 0.493 e. The van der Waals surface area contributed by atoms with Gasteiger partial charge in [-0.25, -0.2) is 0 Å². The van der Waals surface area contributed by atoms with Gasteiger partial charge in [0.1, 0.15) is 0 Å². The van der Waals surface area contributed by atoms with E-state index in [2.05, 4.69) is 5.32 Å². The van der Waals surface area contributed by atoms with Crippen LogP contribution in [0.25, 0.3) is 0 Å². The van der Waals surface area contributed by atoms with Crippen LogP contribution in [0.5, 0.6) is 11.5 Å². The lowest BCUT2D eigenvalue weighted by Crippen LogP contribution is -2.34. The number of ether oxygens (including phenoxy) is 2. The highest BCUT2D eigenvalue weighted by molar-refractivity contribution is 6.04. The molecule has 1 N–H and O–H groups in total. The molecule has 0 saturated heterocycles. The van der Waals surface area contributed by atoms with Crippen LogP contribution < -0.4 is 19.7 Å². The van der Waals surface area contributed by atoms with E-state index >= 15 is 0 Å². The van der Waals surface area contributed by atoms with Crippen molar-refractivity contribution < 1.29 is 19.1 Å². The summed E-state index contributed by atoms with van der Waals surface area (Å²) >= 11 is 0. The second kappa shape index (κ2) is 10.8. The number of benzene rings is 3. The summed E-state index contributed by atoms with van der Waals surface area (Å²) in [6.07, 6.45) is 0.732. The molecule has 0 heterocycles. The van der Waals surface area contributed by atoms with E-state index in [1.807, 2.05) is 36.4 Å². The molecule has 0 bridgehead atoms. The number of nitrogens with zero attached hydrogens (tertiary/aromatic N) is 1. The van der Waals surface area contributed by atoms with Gasteiger partial charge >= 0.3 is 0 Å². The zero-order valence-electron chi connectivity index (χ0n) is 17.7. The van der Waals surface area contributed by atoms with Gasteiger partial charge in [-0.15, -0.1) is 0 Å². The molecule has 0 radical (unpaired) electrons. The van der Waals surface area contributed by atoms with E-state index in [4.69, 9.17) is 9.47 Å². The van der Waals surface area contributed by atoms with Gasteiger partial charge in [-0.3, -0.25) is 9.59 Å². The van der Waals surface area contributed by atoms with Crippen molar-refractivity contribution in [3.05, 3.63) is 90.0 Å². The van der Waals surface area contributed by atoms with Crippen molar-refractivity contribution in [2.45, 2.75) is 6.42 Å². The van der Waals surface area contributed by atoms with Crippen molar-refractivity contribution >= 4 is 17.5 Å². The lowest BCUT2D eigenvalue weighted by Gasteiger charge is -2.21. The molecule has 160 valence electrons. The minimum atomic E-state index is -0.282. The highest BCUT2D eigenvalue weighted by Crippen LogP contribution is 2.26. The number of carbonyl (C=O) groups excluding carboxylic acids is 2. The molecule has 6 heteroatoms. The van der Waals surface area contributed by atoms with Gasteiger partial charge < -0.3 is 19.7 Å². The predicted octanol–water partition coefficient (Wildman–Crippen LogP) is 3.71. The summed E-state index contributed by atoms with van der Waals surface area (Å²) in [5.74, 6) is 0.530. The Kier molecular flexibility index (Phi) is 7.65. The molecule has 3 rings (SSSR count). The maximum Gasteiger partial charge on any atom is 0.264 e. The third kappa shape index (κ3) is 5.85. The van der Waals surface area contributed by atoms with Crippen LogP contribution in [0.2, 0.25) is 0 Å². The van der Waals surface area contributed by atoms with Crippen molar-refractivity contribution in [2.75, 3.05) is 32.2 Å². The number of nitrogens with one attached hydrogen (secondary N) is 1. The fourth-order valence-electron chi connectivity index (χ4n) is 3.13. The van der Waals surface area contributed by atoms with Crippen molar-refractivity contribution in [1.82, 2.24) is 5.32 Å². The number of likely N-dealkylation sites (N-methyl/N-ethyl adjacent to an activating group) is 1. The molecule has 2 amide bonds. The molecule has 3 aromatic carbocycles. The number of anilines is 1. The quantitative estimate of drug-likeness (QED) is 0.575. The minimum absolute atomic E-state index is 0.180. The van der Waals surface area contributed by atoms with Crippen LogP contribution in [0, 0.1) is 0 Å². The molecule has 0 saturated carbocycles. The number of hydrogen-bond acceptors (Lipinski definition) is 4. The SMILES string of the molecule is COc1ccccc1OCC(=O)N(C)c1ccccc1C(=O)NCCc1ccccc1. The van der Waals surface area contributed by atoms with Gasteiger partial charge in [-0.05, 0) is 36.2 Å². The molecule has 6 nitrogen and oxygen atoms in total. The van der Waals surface area contributed by atoms with Gasteiger partial charge in [0.05, 0.1) is 18.4 Å². The van der Waals surface area contributed by atoms with Gasteiger partial charge in [-0.2, -0.15) is 0 Å². The van der Waals surface area contributed by atoms with Gasteiger partial charge in [-0.1, -0.05) is 54.6 Å². The molecule has 0 spiro atoms. The predicted molar refractivity (Wildman–Crippen MR) is 121 cm³/mol. The Morgan fingerprint density at radius 1 is 0.871 bits per heavy atom. The molecule has 0 aromatic heterocycles. The van der Waals surface area contributed by atoms with Crippen LogP contribution in [0.1, 0.15) is 15.9 Å². The zero-order chi connectivity index (χ0) is 22.1. The van der Waals surface area contributed by atoms with Crippen LogP contribution >= 0.6 is 0 Å². The summed E-state index contributed by atoms with van der Waals surface area (Å²) in [5.41, 5.74) is 2.11. The molecular formula is C25H26N2O4. The molecule has 0 atom stereocenters. The average Bonchev–Trinajstić information content (AvgIpc) is 2.82. The Labute approximate surface area is 182 Å². The maximum atomic E-state index is 12.7. The number of methoxy groups -OCH3 is 1. The molecule has 3 aromatic rings. The van der Waals surface area contributed by atoms with E-state index in [9.17, 15) is 9.59 Å². The van der Waals surface area contributed by atoms with Gasteiger partial charge in [0.25, 0.3) is 11.8 Å². The fraction of sp³-hybridized carbons (Fsp3) is 0.200. The summed E-state index contributed by atoms with van der Waals surface area (Å²) in [5, 5.41) is 2.93. The Balaban J connectivity index is 1.62. The second-order valence-corrected chi connectivity index (χ2v) is 6.90. The van der Waals surface area contributed by atoms with Crippen LogP contribution in [0.3, 0.4) is 0 Å². The Bertz CT molecular complexity index is 1020. The summed E-state index contributed by atoms with van der Waals surface area (Å²) in [6.45, 7) is 0.326. The standard InChI is InChI=1S/C25H26N2O4/c1-27(24(28)18-31-23-15-9-8-14-22(23)30-2)21-13-7-6-12-20(21)25(29)26-17-16-19-10-4-3-5-11-19/h3-15H,16-18H2,1-2H3,(H,26,29). The van der Waals surface area contributed by atoms with Crippen molar-refractivity contribution in [2.24, 2.45) is 0 Å². The topological polar surface area (TPSA) is 67.9 Å². The minimum Gasteiger partial charge on any atom is -0.493 e. The first kappa shape index (κ1) is 21.9. The zero-order valence-corrected chi connectivity index (χ0v) is 17.7. The first-order valence-corrected chi connectivity index (χ1v) is 10.0. The van der Waals surface area contributed by atoms with Gasteiger partial charge in [0.15, 0.2) is 18.1 Å². The van der Waals surface area contributed by atoms with E-state index in [0.29, 0.717) is 29.3 Å². The second-order valence-electron chi connectivity index (χ2n) is 6.90. The molecule has 0 aliphatic rings. The van der Waals surface area contributed by atoms with Crippen molar-refractivity contribution in [1.29, 1.82) is 0 Å². The summed E-state index contributed by atoms with van der Waals surface area (Å²) in [4.78, 5) is 26.9. The van der Waals surface area contributed by atoms with E-state index in [0.717, 1.165) is 12.0 Å². The van der Waals surface area contributed by atoms with E-state index in [1.54, 1.807) is 56.6 Å². The maximum absolute atomic E-state index is 12.7. The van der Waals surface area contributed by atoms with Crippen molar-refractivity contribution in [3.8, 4) is 11.5 Å². The smallest absolute Gasteiger partial charge is 0.264 e. The molecule has 0 aliphatic heterocycles. The molecule has 31 heavy (non-hydrogen) atoms. The highest BCUT2D eigenvalue weighted by atomic mass is 16.5. The van der Waals surface area contributed by atoms with Crippen LogP contribution in [0.15, 0.2) is 78.9 Å². The molecule has 0 aliphatic carbocycles. The van der Waals surface area contributed by atoms with E-state index in [1.165, 1.54) is 4.90 Å². The van der Waals surface area contributed by atoms with Crippen LogP contribution in [0.4, 0.5) is 5.69 Å². The first-order valence-electron chi connectivity index (χ1n) is 10.0. The monoisotopic (exact) mass is 418 g/mol. The van der Waals surface area contributed by atoms with E-state index < -0.39 is 0 Å². The van der Waals surface area contributed by atoms with Crippen LogP contribution in [-0.4, -0.2) is 39.1 Å². The summed E-state index contributed by atoms with van der Waals surface area (Å²) < 4.78 is 10.9. The lowest BCUT2D eigenvalue weighted by atomic mass is 10.1. The summed E-state index contributed by atoms with van der Waals surface area (Å²) in [6, 6.07) is 24.1. The Hall–Kier alpha value is -3.80. The van der Waals surface area contributed by atoms with Crippen LogP contribution in [-0.2, 0) is 11.2 Å². The molecular weight excluding hydrogens is 392 g/mol. The lowest BCUT2D eigenvalue weighted by molar-refractivity contribution is -0.120. The molecule has 0 unspecified atom stereocenters. The number of hydrogen-bond donors (Lipinski definition) is 1. The normalized spacial score (nSPS) is 10.3. The van der Waals surface area contributed by atoms with Crippen molar-refractivity contribution in [3.63, 3.8) is 0 Å².